The van der Waals surface area contributed by atoms with Crippen LogP contribution in [0.4, 0.5) is 4.79 Å². The minimum Gasteiger partial charge on any atom is -0.480 e. The predicted octanol–water partition coefficient (Wildman–Crippen LogP) is 3.20. The molecular weight excluding hydrogens is 396 g/mol. The first-order chi connectivity index (χ1) is 14.9. The number of alkyl carbamates (subject to hydrolysis) is 1. The van der Waals surface area contributed by atoms with Crippen molar-refractivity contribution in [3.8, 4) is 11.1 Å². The Balaban J connectivity index is 1.39. The number of carboxylic acids is 1. The fourth-order valence-corrected chi connectivity index (χ4v) is 4.05. The molecule has 4 rings (SSSR count). The quantitative estimate of drug-likeness (QED) is 0.569. The summed E-state index contributed by atoms with van der Waals surface area (Å²) in [6.07, 6.45) is 1.71. The van der Waals surface area contributed by atoms with Gasteiger partial charge in [0, 0.05) is 5.92 Å². The summed E-state index contributed by atoms with van der Waals surface area (Å²) in [5.41, 5.74) is 3.35. The van der Waals surface area contributed by atoms with E-state index in [-0.39, 0.29) is 18.9 Å². The molecule has 3 N–H and O–H groups in total. The number of rotatable bonds is 8. The molecular formula is C24H24N2O5. The summed E-state index contributed by atoms with van der Waals surface area (Å²) in [7, 11) is 0. The zero-order valence-electron chi connectivity index (χ0n) is 17.0. The molecule has 0 aromatic heterocycles. The second kappa shape index (κ2) is 8.26. The molecule has 1 saturated carbocycles. The minimum absolute atomic E-state index is 0.0777. The Kier molecular flexibility index (Phi) is 5.50. The van der Waals surface area contributed by atoms with E-state index in [0.29, 0.717) is 12.8 Å². The van der Waals surface area contributed by atoms with Gasteiger partial charge in [-0.3, -0.25) is 4.79 Å². The van der Waals surface area contributed by atoms with E-state index in [9.17, 15) is 19.5 Å². The first-order valence-corrected chi connectivity index (χ1v) is 10.2. The van der Waals surface area contributed by atoms with Crippen LogP contribution in [0.1, 0.15) is 36.3 Å². The van der Waals surface area contributed by atoms with Gasteiger partial charge in [0.25, 0.3) is 0 Å². The van der Waals surface area contributed by atoms with Crippen LogP contribution in [-0.4, -0.2) is 41.3 Å². The topological polar surface area (TPSA) is 105 Å². The number of nitrogens with one attached hydrogen (secondary N) is 2. The summed E-state index contributed by atoms with van der Waals surface area (Å²) >= 11 is 0. The van der Waals surface area contributed by atoms with Crippen LogP contribution in [0.15, 0.2) is 61.2 Å². The van der Waals surface area contributed by atoms with Crippen LogP contribution in [0.3, 0.4) is 0 Å². The van der Waals surface area contributed by atoms with Crippen LogP contribution >= 0.6 is 0 Å². The molecule has 2 aromatic carbocycles. The summed E-state index contributed by atoms with van der Waals surface area (Å²) in [4.78, 5) is 36.3. The summed E-state index contributed by atoms with van der Waals surface area (Å²) in [5, 5.41) is 14.3. The van der Waals surface area contributed by atoms with Crippen molar-refractivity contribution >= 4 is 18.0 Å². The maximum Gasteiger partial charge on any atom is 0.408 e. The highest BCUT2D eigenvalue weighted by Gasteiger charge is 2.52. The van der Waals surface area contributed by atoms with Crippen molar-refractivity contribution < 1.29 is 24.2 Å². The van der Waals surface area contributed by atoms with E-state index >= 15 is 0 Å². The molecule has 0 heterocycles. The van der Waals surface area contributed by atoms with E-state index in [0.717, 1.165) is 22.3 Å². The molecule has 2 aliphatic carbocycles. The fraction of sp³-hybridized carbons (Fsp3) is 0.292. The number of fused-ring (bicyclic) bond motifs is 3. The van der Waals surface area contributed by atoms with E-state index in [2.05, 4.69) is 29.3 Å². The highest BCUT2D eigenvalue weighted by Crippen LogP contribution is 2.44. The summed E-state index contributed by atoms with van der Waals surface area (Å²) in [6.45, 7) is 3.65. The summed E-state index contributed by atoms with van der Waals surface area (Å²) in [5.74, 6) is -1.74. The minimum atomic E-state index is -1.15. The highest BCUT2D eigenvalue weighted by atomic mass is 16.5. The van der Waals surface area contributed by atoms with Crippen molar-refractivity contribution in [3.05, 3.63) is 72.3 Å². The molecule has 7 heteroatoms. The Labute approximate surface area is 180 Å². The maximum absolute atomic E-state index is 12.6. The molecule has 0 radical (unpaired) electrons. The standard InChI is InChI=1S/C24H24N2O5/c1-2-7-20(21(27)28)25-22(29)24(12-13-24)26-23(30)31-14-19-17-10-5-3-8-15(17)16-9-4-6-11-18(16)19/h2-6,8-11,19-20H,1,7,12-14H2,(H,25,29)(H,26,30)(H,27,28). The van der Waals surface area contributed by atoms with E-state index < -0.39 is 29.6 Å². The van der Waals surface area contributed by atoms with Gasteiger partial charge in [0.15, 0.2) is 0 Å². The van der Waals surface area contributed by atoms with Crippen LogP contribution < -0.4 is 10.6 Å². The van der Waals surface area contributed by atoms with Crippen molar-refractivity contribution in [1.29, 1.82) is 0 Å². The molecule has 1 unspecified atom stereocenters. The van der Waals surface area contributed by atoms with Crippen molar-refractivity contribution in [2.45, 2.75) is 36.8 Å². The van der Waals surface area contributed by atoms with E-state index in [4.69, 9.17) is 4.74 Å². The normalized spacial score (nSPS) is 16.4. The van der Waals surface area contributed by atoms with Gasteiger partial charge in [0.05, 0.1) is 0 Å². The van der Waals surface area contributed by atoms with E-state index in [1.54, 1.807) is 0 Å². The van der Waals surface area contributed by atoms with Gasteiger partial charge in [0.1, 0.15) is 18.2 Å². The van der Waals surface area contributed by atoms with E-state index in [1.807, 2.05) is 36.4 Å². The Morgan fingerprint density at radius 3 is 2.19 bits per heavy atom. The van der Waals surface area contributed by atoms with Gasteiger partial charge in [0.2, 0.25) is 5.91 Å². The third-order valence-corrected chi connectivity index (χ3v) is 5.88. The number of benzene rings is 2. The lowest BCUT2D eigenvalue weighted by Gasteiger charge is -2.21. The highest BCUT2D eigenvalue weighted by molar-refractivity contribution is 5.95. The van der Waals surface area contributed by atoms with Gasteiger partial charge in [-0.1, -0.05) is 54.6 Å². The lowest BCUT2D eigenvalue weighted by atomic mass is 9.98. The van der Waals surface area contributed by atoms with Crippen molar-refractivity contribution in [2.24, 2.45) is 0 Å². The third-order valence-electron chi connectivity index (χ3n) is 5.88. The van der Waals surface area contributed by atoms with Crippen LogP contribution in [0.2, 0.25) is 0 Å². The van der Waals surface area contributed by atoms with Crippen LogP contribution in [0.5, 0.6) is 0 Å². The second-order valence-corrected chi connectivity index (χ2v) is 7.92. The molecule has 7 nitrogen and oxygen atoms in total. The number of hydrogen-bond donors (Lipinski definition) is 3. The molecule has 31 heavy (non-hydrogen) atoms. The number of amides is 2. The molecule has 1 atom stereocenters. The number of hydrogen-bond acceptors (Lipinski definition) is 4. The lowest BCUT2D eigenvalue weighted by molar-refractivity contribution is -0.142. The molecule has 1 fully saturated rings. The number of aliphatic carboxylic acids is 1. The number of ether oxygens (including phenoxy) is 1. The first-order valence-electron chi connectivity index (χ1n) is 10.2. The SMILES string of the molecule is C=CCC(NC(=O)C1(NC(=O)OCC2c3ccccc3-c3ccccc32)CC1)C(=O)O. The van der Waals surface area contributed by atoms with Crippen molar-refractivity contribution in [2.75, 3.05) is 6.61 Å². The zero-order chi connectivity index (χ0) is 22.0. The van der Waals surface area contributed by atoms with Gasteiger partial charge in [-0.15, -0.1) is 6.58 Å². The van der Waals surface area contributed by atoms with Gasteiger partial charge in [-0.05, 0) is 41.5 Å². The summed E-state index contributed by atoms with van der Waals surface area (Å²) < 4.78 is 5.50. The number of carbonyl (C=O) groups is 3. The van der Waals surface area contributed by atoms with E-state index in [1.165, 1.54) is 6.08 Å². The zero-order valence-corrected chi connectivity index (χ0v) is 17.0. The van der Waals surface area contributed by atoms with Crippen LogP contribution in [-0.2, 0) is 14.3 Å². The predicted molar refractivity (Wildman–Crippen MR) is 115 cm³/mol. The summed E-state index contributed by atoms with van der Waals surface area (Å²) in [6, 6.07) is 15.0. The molecule has 0 saturated heterocycles. The molecule has 160 valence electrons. The Bertz CT molecular complexity index is 998. The van der Waals surface area contributed by atoms with Gasteiger partial charge in [-0.25, -0.2) is 9.59 Å². The Morgan fingerprint density at radius 1 is 1.10 bits per heavy atom. The monoisotopic (exact) mass is 420 g/mol. The third kappa shape index (κ3) is 4.03. The first kappa shape index (κ1) is 20.7. The molecule has 2 aromatic rings. The van der Waals surface area contributed by atoms with Crippen molar-refractivity contribution in [3.63, 3.8) is 0 Å². The largest absolute Gasteiger partial charge is 0.480 e. The van der Waals surface area contributed by atoms with Crippen molar-refractivity contribution in [1.82, 2.24) is 10.6 Å². The lowest BCUT2D eigenvalue weighted by Crippen LogP contribution is -2.53. The molecule has 2 aliphatic rings. The Hall–Kier alpha value is -3.61. The molecule has 0 bridgehead atoms. The fourth-order valence-electron chi connectivity index (χ4n) is 4.05. The maximum atomic E-state index is 12.6. The van der Waals surface area contributed by atoms with Crippen LogP contribution in [0.25, 0.3) is 11.1 Å². The second-order valence-electron chi connectivity index (χ2n) is 7.92. The average Bonchev–Trinajstić information content (AvgIpc) is 3.47. The molecule has 2 amide bonds. The smallest absolute Gasteiger partial charge is 0.408 e. The Morgan fingerprint density at radius 2 is 1.68 bits per heavy atom. The van der Waals surface area contributed by atoms with Crippen LogP contribution in [0, 0.1) is 0 Å². The van der Waals surface area contributed by atoms with Gasteiger partial charge >= 0.3 is 12.1 Å². The molecule has 0 aliphatic heterocycles. The number of carbonyl (C=O) groups excluding carboxylic acids is 2. The molecule has 0 spiro atoms. The van der Waals surface area contributed by atoms with Gasteiger partial charge in [-0.2, -0.15) is 0 Å². The average molecular weight is 420 g/mol. The number of carboxylic acid groups (broad SMARTS) is 1. The van der Waals surface area contributed by atoms with Gasteiger partial charge < -0.3 is 20.5 Å².